The number of carboxylic acid groups (broad SMARTS) is 1. The summed E-state index contributed by atoms with van der Waals surface area (Å²) in [5, 5.41) is 12.3. The molecule has 2 N–H and O–H groups in total. The minimum Gasteiger partial charge on any atom is -0.493 e. The number of esters is 3. The van der Waals surface area contributed by atoms with Gasteiger partial charge in [-0.3, -0.25) is 19.2 Å². The summed E-state index contributed by atoms with van der Waals surface area (Å²) in [6.07, 6.45) is 1.81. The van der Waals surface area contributed by atoms with Crippen LogP contribution in [0.1, 0.15) is 127 Å². The SMILES string of the molecule is COc1ccnc(C(=O)N(C(C)[C@H](c2ccc(F)cc2F)C(C)C)[C@@H](C)C(=O)O)c1OCOC(=O)C(C)C.COc1ccnc(C(=O)N[C@@H](C)C(=O)O[C@@H](C)[C@H](c2ccc(F)cc2F)C(C)C)c1OCOC(=O)C(C)C. The van der Waals surface area contributed by atoms with Gasteiger partial charge in [0, 0.05) is 54.5 Å². The van der Waals surface area contributed by atoms with E-state index in [0.29, 0.717) is 0 Å². The molecule has 0 bridgehead atoms. The van der Waals surface area contributed by atoms with Crippen molar-refractivity contribution in [1.82, 2.24) is 20.2 Å². The van der Waals surface area contributed by atoms with Gasteiger partial charge in [-0.1, -0.05) is 67.5 Å². The highest BCUT2D eigenvalue weighted by Crippen LogP contribution is 2.38. The summed E-state index contributed by atoms with van der Waals surface area (Å²) in [5.41, 5.74) is -0.128. The van der Waals surface area contributed by atoms with Gasteiger partial charge in [-0.15, -0.1) is 0 Å². The van der Waals surface area contributed by atoms with E-state index < -0.39 is 115 Å². The van der Waals surface area contributed by atoms with Crippen molar-refractivity contribution in [3.8, 4) is 23.0 Å². The predicted octanol–water partition coefficient (Wildman–Crippen LogP) is 9.04. The molecule has 0 radical (unpaired) electrons. The Hall–Kier alpha value is -7.52. The van der Waals surface area contributed by atoms with E-state index in [1.807, 2.05) is 13.8 Å². The Kier molecular flexibility index (Phi) is 23.9. The highest BCUT2D eigenvalue weighted by atomic mass is 19.1. The normalized spacial score (nSPS) is 13.5. The Labute approximate surface area is 439 Å². The fraction of sp³-hybridized carbons (Fsp3) is 0.481. The third-order valence-electron chi connectivity index (χ3n) is 11.9. The van der Waals surface area contributed by atoms with Crippen molar-refractivity contribution in [2.24, 2.45) is 23.7 Å². The van der Waals surface area contributed by atoms with Crippen LogP contribution in [0.25, 0.3) is 0 Å². The molecule has 4 aromatic rings. The molecule has 0 saturated heterocycles. The average molecular weight is 1070 g/mol. The van der Waals surface area contributed by atoms with E-state index in [4.69, 9.17) is 33.2 Å². The van der Waals surface area contributed by atoms with Crippen molar-refractivity contribution >= 4 is 35.7 Å². The third-order valence-corrected chi connectivity index (χ3v) is 11.9. The van der Waals surface area contributed by atoms with Gasteiger partial charge in [0.15, 0.2) is 34.4 Å². The summed E-state index contributed by atoms with van der Waals surface area (Å²) in [7, 11) is 2.70. The average Bonchev–Trinajstić information content (AvgIpc) is 3.35. The van der Waals surface area contributed by atoms with E-state index in [1.54, 1.807) is 55.4 Å². The van der Waals surface area contributed by atoms with Crippen molar-refractivity contribution in [1.29, 1.82) is 0 Å². The van der Waals surface area contributed by atoms with E-state index in [0.717, 1.165) is 29.2 Å². The first-order valence-corrected chi connectivity index (χ1v) is 24.3. The van der Waals surface area contributed by atoms with Gasteiger partial charge in [0.1, 0.15) is 41.5 Å². The number of pyridine rings is 2. The molecule has 1 unspecified atom stereocenters. The molecule has 22 heteroatoms. The molecule has 4 rings (SSSR count). The van der Waals surface area contributed by atoms with Crippen molar-refractivity contribution in [2.75, 3.05) is 27.8 Å². The van der Waals surface area contributed by atoms with Gasteiger partial charge < -0.3 is 48.5 Å². The number of hydrogen-bond acceptors (Lipinski definition) is 15. The lowest BCUT2D eigenvalue weighted by Crippen LogP contribution is -2.51. The molecule has 76 heavy (non-hydrogen) atoms. The molecule has 0 saturated carbocycles. The number of nitrogens with zero attached hydrogens (tertiary/aromatic N) is 3. The van der Waals surface area contributed by atoms with E-state index in [9.17, 15) is 51.4 Å². The minimum absolute atomic E-state index is 0.0790. The number of aromatic nitrogens is 2. The van der Waals surface area contributed by atoms with E-state index in [2.05, 4.69) is 15.3 Å². The highest BCUT2D eigenvalue weighted by Gasteiger charge is 2.40. The number of rotatable bonds is 24. The van der Waals surface area contributed by atoms with Crippen molar-refractivity contribution < 1.29 is 84.6 Å². The Balaban J connectivity index is 0.000000400. The predicted molar refractivity (Wildman–Crippen MR) is 268 cm³/mol. The summed E-state index contributed by atoms with van der Waals surface area (Å²) in [6, 6.07) is 5.94. The Morgan fingerprint density at radius 3 is 1.45 bits per heavy atom. The second-order valence-electron chi connectivity index (χ2n) is 18.8. The number of methoxy groups -OCH3 is 2. The number of carbonyl (C=O) groups excluding carboxylic acids is 5. The zero-order valence-corrected chi connectivity index (χ0v) is 45.1. The van der Waals surface area contributed by atoms with Gasteiger partial charge in [-0.25, -0.2) is 37.1 Å². The number of carbonyl (C=O) groups is 6. The zero-order chi connectivity index (χ0) is 57.3. The lowest BCUT2D eigenvalue weighted by Gasteiger charge is -2.39. The largest absolute Gasteiger partial charge is 0.493 e. The highest BCUT2D eigenvalue weighted by molar-refractivity contribution is 5.99. The van der Waals surface area contributed by atoms with Gasteiger partial charge in [0.25, 0.3) is 11.8 Å². The van der Waals surface area contributed by atoms with Crippen LogP contribution in [0.2, 0.25) is 0 Å². The molecule has 0 aliphatic carbocycles. The van der Waals surface area contributed by atoms with Gasteiger partial charge in [0.05, 0.1) is 26.1 Å². The van der Waals surface area contributed by atoms with E-state index in [1.165, 1.54) is 64.7 Å². The Morgan fingerprint density at radius 1 is 0.605 bits per heavy atom. The number of ether oxygens (including phenoxy) is 7. The first-order chi connectivity index (χ1) is 35.7. The van der Waals surface area contributed by atoms with Crippen LogP contribution < -0.4 is 24.3 Å². The number of amides is 2. The summed E-state index contributed by atoms with van der Waals surface area (Å²) in [4.78, 5) is 84.6. The lowest BCUT2D eigenvalue weighted by molar-refractivity contribution is -0.155. The summed E-state index contributed by atoms with van der Waals surface area (Å²) >= 11 is 0. The Bertz CT molecular complexity index is 2650. The molecular formula is C54H68F4N4O14. The van der Waals surface area contributed by atoms with Crippen molar-refractivity contribution in [2.45, 2.75) is 119 Å². The van der Waals surface area contributed by atoms with Gasteiger partial charge >= 0.3 is 23.9 Å². The smallest absolute Gasteiger partial charge is 0.328 e. The third kappa shape index (κ3) is 16.7. The first-order valence-electron chi connectivity index (χ1n) is 24.3. The molecule has 2 aromatic heterocycles. The van der Waals surface area contributed by atoms with Gasteiger partial charge in [-0.05, 0) is 62.8 Å². The van der Waals surface area contributed by atoms with Crippen LogP contribution >= 0.6 is 0 Å². The number of nitrogens with one attached hydrogen (secondary N) is 1. The van der Waals surface area contributed by atoms with Gasteiger partial charge in [0.2, 0.25) is 13.6 Å². The number of halogens is 4. The van der Waals surface area contributed by atoms with Gasteiger partial charge in [-0.2, -0.15) is 0 Å². The zero-order valence-electron chi connectivity index (χ0n) is 45.1. The number of carboxylic acids is 1. The summed E-state index contributed by atoms with van der Waals surface area (Å²) in [6.45, 7) is 18.8. The molecule has 18 nitrogen and oxygen atoms in total. The van der Waals surface area contributed by atoms with Crippen molar-refractivity contribution in [3.63, 3.8) is 0 Å². The molecule has 0 aliphatic rings. The molecular weight excluding hydrogens is 1000 g/mol. The quantitative estimate of drug-likeness (QED) is 0.0289. The van der Waals surface area contributed by atoms with Crippen LogP contribution in [0.4, 0.5) is 17.6 Å². The van der Waals surface area contributed by atoms with E-state index >= 15 is 0 Å². The van der Waals surface area contributed by atoms with Crippen LogP contribution in [0.5, 0.6) is 23.0 Å². The molecule has 6 atom stereocenters. The molecule has 0 spiro atoms. The molecule has 416 valence electrons. The molecule has 2 aromatic carbocycles. The molecule has 0 fully saturated rings. The van der Waals surface area contributed by atoms with E-state index in [-0.39, 0.29) is 63.3 Å². The minimum atomic E-state index is -1.36. The van der Waals surface area contributed by atoms with Crippen molar-refractivity contribution in [3.05, 3.63) is 107 Å². The maximum atomic E-state index is 14.8. The topological polar surface area (TPSA) is 228 Å². The maximum absolute atomic E-state index is 14.8. The summed E-state index contributed by atoms with van der Waals surface area (Å²) in [5.74, 6) is -10.1. The molecule has 2 amide bonds. The molecule has 0 aliphatic heterocycles. The molecule has 2 heterocycles. The first kappa shape index (κ1) is 62.8. The number of aliphatic carboxylic acids is 1. The Morgan fingerprint density at radius 2 is 1.04 bits per heavy atom. The van der Waals surface area contributed by atoms with Crippen LogP contribution in [0.3, 0.4) is 0 Å². The fourth-order valence-electron chi connectivity index (χ4n) is 8.09. The summed E-state index contributed by atoms with van der Waals surface area (Å²) < 4.78 is 93.5. The lowest BCUT2D eigenvalue weighted by atomic mass is 9.81. The number of hydrogen-bond donors (Lipinski definition) is 2. The number of benzene rings is 2. The standard InChI is InChI=1S/2C27H34F2N2O7/c1-14(2)22(19-9-8-18(28)12-20(19)29)17(6)38-27(34)16(5)31-25(32)23-24(21(35-7)10-11-30-23)36-13-37-26(33)15(3)4;1-14(2)22(19-9-8-18(28)12-20(19)29)16(5)31(17(6)26(33)34)25(32)23-24(21(36-7)10-11-30-23)37-13-38-27(35)15(3)4/h8-12,14-17,22H,13H2,1-7H3,(H,31,32);8-12,14-17,22H,13H2,1-7H3,(H,33,34)/t16-,17-,22+;16?,17-,22+/m00/s1. The van der Waals surface area contributed by atoms with Crippen LogP contribution in [-0.4, -0.2) is 108 Å². The maximum Gasteiger partial charge on any atom is 0.328 e. The second kappa shape index (κ2) is 29.0. The van der Waals surface area contributed by atoms with Crippen LogP contribution in [0, 0.1) is 46.9 Å². The second-order valence-corrected chi connectivity index (χ2v) is 18.8. The van der Waals surface area contributed by atoms with Crippen LogP contribution in [-0.2, 0) is 33.4 Å². The fourth-order valence-corrected chi connectivity index (χ4v) is 8.09. The van der Waals surface area contributed by atoms with Crippen LogP contribution in [0.15, 0.2) is 60.9 Å². The monoisotopic (exact) mass is 1070 g/mol.